The number of aliphatic hydroxyl groups excluding tert-OH is 1. The Labute approximate surface area is 99.8 Å². The van der Waals surface area contributed by atoms with E-state index in [0.717, 1.165) is 12.3 Å². The highest BCUT2D eigenvalue weighted by Gasteiger charge is 2.29. The minimum absolute atomic E-state index is 0.0896. The molecule has 0 amide bonds. The van der Waals surface area contributed by atoms with Crippen LogP contribution in [0.5, 0.6) is 0 Å². The molecule has 0 saturated heterocycles. The van der Waals surface area contributed by atoms with Crippen LogP contribution in [0.15, 0.2) is 0 Å². The molecule has 0 aromatic carbocycles. The number of aliphatic hydroxyl groups is 1. The lowest BCUT2D eigenvalue weighted by molar-refractivity contribution is 0.0740. The van der Waals surface area contributed by atoms with Crippen LogP contribution in [0.1, 0.15) is 64.7 Å². The van der Waals surface area contributed by atoms with Gasteiger partial charge in [0.25, 0.3) is 0 Å². The van der Waals surface area contributed by atoms with Gasteiger partial charge in [-0.05, 0) is 31.6 Å². The summed E-state index contributed by atoms with van der Waals surface area (Å²) in [5, 5.41) is 13.8. The van der Waals surface area contributed by atoms with Crippen molar-refractivity contribution in [3.05, 3.63) is 0 Å². The molecule has 0 aromatic rings. The van der Waals surface area contributed by atoms with Crippen LogP contribution in [-0.4, -0.2) is 23.3 Å². The average Bonchev–Trinajstić information content (AvgIpc) is 2.33. The Bertz CT molecular complexity index is 207. The summed E-state index contributed by atoms with van der Waals surface area (Å²) in [6, 6.07) is 1.06. The zero-order chi connectivity index (χ0) is 11.4. The van der Waals surface area contributed by atoms with Crippen molar-refractivity contribution in [3.63, 3.8) is 0 Å². The van der Waals surface area contributed by atoms with Crippen LogP contribution < -0.4 is 5.32 Å². The molecule has 0 bridgehead atoms. The summed E-state index contributed by atoms with van der Waals surface area (Å²) in [6.07, 6.45) is 11.4. The molecule has 2 nitrogen and oxygen atoms in total. The summed E-state index contributed by atoms with van der Waals surface area (Å²) in [6.45, 7) is 2.31. The highest BCUT2D eigenvalue weighted by Crippen LogP contribution is 2.29. The standard InChI is InChI=1S/C14H27NO/c1-2-11-7-3-4-8-12(11)15-13-9-5-6-10-14(13)16/h11-16H,2-10H2,1H3/t11?,12?,13-,14-/m1/s1. The van der Waals surface area contributed by atoms with Gasteiger partial charge in [-0.15, -0.1) is 0 Å². The fourth-order valence-electron chi connectivity index (χ4n) is 3.50. The number of nitrogens with one attached hydrogen (secondary N) is 1. The van der Waals surface area contributed by atoms with Crippen LogP contribution >= 0.6 is 0 Å². The molecule has 0 heterocycles. The second kappa shape index (κ2) is 6.02. The Morgan fingerprint density at radius 3 is 2.25 bits per heavy atom. The molecule has 16 heavy (non-hydrogen) atoms. The lowest BCUT2D eigenvalue weighted by atomic mass is 9.81. The van der Waals surface area contributed by atoms with E-state index in [1.54, 1.807) is 0 Å². The summed E-state index contributed by atoms with van der Waals surface area (Å²) >= 11 is 0. The molecule has 0 aliphatic heterocycles. The van der Waals surface area contributed by atoms with Crippen molar-refractivity contribution in [1.29, 1.82) is 0 Å². The zero-order valence-electron chi connectivity index (χ0n) is 10.6. The van der Waals surface area contributed by atoms with Gasteiger partial charge < -0.3 is 10.4 Å². The van der Waals surface area contributed by atoms with E-state index in [1.165, 1.54) is 51.4 Å². The number of hydrogen-bond acceptors (Lipinski definition) is 2. The Kier molecular flexibility index (Phi) is 4.66. The molecule has 2 aliphatic carbocycles. The molecule has 2 rings (SSSR count). The Morgan fingerprint density at radius 2 is 1.56 bits per heavy atom. The Balaban J connectivity index is 1.86. The summed E-state index contributed by atoms with van der Waals surface area (Å²) in [4.78, 5) is 0. The van der Waals surface area contributed by atoms with E-state index in [9.17, 15) is 5.11 Å². The third kappa shape index (κ3) is 2.98. The molecule has 2 aliphatic rings. The molecule has 2 fully saturated rings. The van der Waals surface area contributed by atoms with Crippen LogP contribution in [0.25, 0.3) is 0 Å². The van der Waals surface area contributed by atoms with Crippen molar-refractivity contribution in [2.45, 2.75) is 82.9 Å². The van der Waals surface area contributed by atoms with Gasteiger partial charge in [0.2, 0.25) is 0 Å². The first-order chi connectivity index (χ1) is 7.81. The Hall–Kier alpha value is -0.0800. The molecule has 2 saturated carbocycles. The maximum atomic E-state index is 10.00. The van der Waals surface area contributed by atoms with E-state index in [2.05, 4.69) is 12.2 Å². The first kappa shape index (κ1) is 12.4. The van der Waals surface area contributed by atoms with E-state index in [0.29, 0.717) is 12.1 Å². The smallest absolute Gasteiger partial charge is 0.0693 e. The molecule has 2 heteroatoms. The van der Waals surface area contributed by atoms with E-state index in [1.807, 2.05) is 0 Å². The molecule has 4 atom stereocenters. The highest BCUT2D eigenvalue weighted by atomic mass is 16.3. The quantitative estimate of drug-likeness (QED) is 0.774. The molecular formula is C14H27NO. The van der Waals surface area contributed by atoms with Gasteiger partial charge in [-0.2, -0.15) is 0 Å². The zero-order valence-corrected chi connectivity index (χ0v) is 10.6. The summed E-state index contributed by atoms with van der Waals surface area (Å²) in [7, 11) is 0. The van der Waals surface area contributed by atoms with Crippen molar-refractivity contribution in [3.8, 4) is 0 Å². The van der Waals surface area contributed by atoms with Crippen molar-refractivity contribution in [2.75, 3.05) is 0 Å². The second-order valence-electron chi connectivity index (χ2n) is 5.68. The fourth-order valence-corrected chi connectivity index (χ4v) is 3.50. The maximum Gasteiger partial charge on any atom is 0.0693 e. The van der Waals surface area contributed by atoms with Gasteiger partial charge in [0, 0.05) is 12.1 Å². The molecule has 0 radical (unpaired) electrons. The lowest BCUT2D eigenvalue weighted by Gasteiger charge is -2.38. The minimum atomic E-state index is -0.0896. The van der Waals surface area contributed by atoms with Gasteiger partial charge in [0.1, 0.15) is 0 Å². The van der Waals surface area contributed by atoms with Crippen molar-refractivity contribution in [1.82, 2.24) is 5.32 Å². The largest absolute Gasteiger partial charge is 0.392 e. The first-order valence-electron chi connectivity index (χ1n) is 7.25. The van der Waals surface area contributed by atoms with E-state index in [-0.39, 0.29) is 6.10 Å². The van der Waals surface area contributed by atoms with Gasteiger partial charge in [0.15, 0.2) is 0 Å². The van der Waals surface area contributed by atoms with Crippen LogP contribution in [-0.2, 0) is 0 Å². The minimum Gasteiger partial charge on any atom is -0.392 e. The van der Waals surface area contributed by atoms with Gasteiger partial charge in [-0.1, -0.05) is 39.0 Å². The van der Waals surface area contributed by atoms with Crippen molar-refractivity contribution < 1.29 is 5.11 Å². The number of rotatable bonds is 3. The van der Waals surface area contributed by atoms with Crippen LogP contribution in [0, 0.1) is 5.92 Å². The lowest BCUT2D eigenvalue weighted by Crippen LogP contribution is -2.50. The molecule has 0 aromatic heterocycles. The van der Waals surface area contributed by atoms with Gasteiger partial charge >= 0.3 is 0 Å². The predicted molar refractivity (Wildman–Crippen MR) is 67.4 cm³/mol. The molecule has 2 unspecified atom stereocenters. The fraction of sp³-hybridized carbons (Fsp3) is 1.00. The average molecular weight is 225 g/mol. The van der Waals surface area contributed by atoms with Gasteiger partial charge in [-0.25, -0.2) is 0 Å². The molecule has 2 N–H and O–H groups in total. The normalized spacial score (nSPS) is 40.9. The van der Waals surface area contributed by atoms with Gasteiger partial charge in [0.05, 0.1) is 6.10 Å². The monoisotopic (exact) mass is 225 g/mol. The van der Waals surface area contributed by atoms with Crippen molar-refractivity contribution >= 4 is 0 Å². The number of hydrogen-bond donors (Lipinski definition) is 2. The van der Waals surface area contributed by atoms with E-state index in [4.69, 9.17) is 0 Å². The van der Waals surface area contributed by atoms with Crippen LogP contribution in [0.3, 0.4) is 0 Å². The molecule has 0 spiro atoms. The topological polar surface area (TPSA) is 32.3 Å². The van der Waals surface area contributed by atoms with E-state index >= 15 is 0 Å². The highest BCUT2D eigenvalue weighted by molar-refractivity contribution is 4.87. The van der Waals surface area contributed by atoms with Crippen LogP contribution in [0.4, 0.5) is 0 Å². The summed E-state index contributed by atoms with van der Waals surface area (Å²) < 4.78 is 0. The second-order valence-corrected chi connectivity index (χ2v) is 5.68. The SMILES string of the molecule is CCC1CCCCC1N[C@@H]1CCCC[C@H]1O. The Morgan fingerprint density at radius 1 is 0.938 bits per heavy atom. The van der Waals surface area contributed by atoms with Gasteiger partial charge in [-0.3, -0.25) is 0 Å². The first-order valence-corrected chi connectivity index (χ1v) is 7.25. The maximum absolute atomic E-state index is 10.00. The third-order valence-corrected chi connectivity index (χ3v) is 4.59. The van der Waals surface area contributed by atoms with Crippen LogP contribution in [0.2, 0.25) is 0 Å². The molecule has 94 valence electrons. The molecular weight excluding hydrogens is 198 g/mol. The van der Waals surface area contributed by atoms with E-state index < -0.39 is 0 Å². The summed E-state index contributed by atoms with van der Waals surface area (Å²) in [5.41, 5.74) is 0. The predicted octanol–water partition coefficient (Wildman–Crippen LogP) is 2.85. The summed E-state index contributed by atoms with van der Waals surface area (Å²) in [5.74, 6) is 0.850. The van der Waals surface area contributed by atoms with Crippen molar-refractivity contribution in [2.24, 2.45) is 5.92 Å². The third-order valence-electron chi connectivity index (χ3n) is 4.59.